The highest BCUT2D eigenvalue weighted by Crippen LogP contribution is 2.14. The lowest BCUT2D eigenvalue weighted by atomic mass is 10.2. The minimum Gasteiger partial charge on any atom is -0.462 e. The number of para-hydroxylation sites is 1. The minimum atomic E-state index is -0.307. The number of hydrogen-bond acceptors (Lipinski definition) is 3. The van der Waals surface area contributed by atoms with E-state index in [4.69, 9.17) is 4.74 Å². The molecule has 88 valence electrons. The molecule has 17 heavy (non-hydrogen) atoms. The Labute approximate surface area is 99.8 Å². The summed E-state index contributed by atoms with van der Waals surface area (Å²) in [5.41, 5.74) is 1.27. The van der Waals surface area contributed by atoms with Crippen molar-refractivity contribution in [1.82, 2.24) is 9.78 Å². The first kappa shape index (κ1) is 11.4. The Morgan fingerprint density at radius 2 is 2.18 bits per heavy atom. The first-order chi connectivity index (χ1) is 8.33. The predicted octanol–water partition coefficient (Wildman–Crippen LogP) is 2.44. The van der Waals surface area contributed by atoms with Crippen molar-refractivity contribution in [2.45, 2.75) is 13.3 Å². The van der Waals surface area contributed by atoms with Gasteiger partial charge in [-0.25, -0.2) is 9.48 Å². The van der Waals surface area contributed by atoms with E-state index < -0.39 is 0 Å². The Bertz CT molecular complexity index is 492. The summed E-state index contributed by atoms with van der Waals surface area (Å²) in [6, 6.07) is 9.09. The van der Waals surface area contributed by atoms with Gasteiger partial charge in [-0.1, -0.05) is 19.1 Å². The van der Waals surface area contributed by atoms with E-state index in [-0.39, 0.29) is 5.97 Å². The molecule has 0 saturated heterocycles. The van der Waals surface area contributed by atoms with E-state index in [0.717, 1.165) is 12.1 Å². The van der Waals surface area contributed by atoms with Gasteiger partial charge in [-0.05, 0) is 24.6 Å². The van der Waals surface area contributed by atoms with Crippen LogP contribution < -0.4 is 0 Å². The fourth-order valence-electron chi connectivity index (χ4n) is 1.53. The highest BCUT2D eigenvalue weighted by atomic mass is 16.5. The summed E-state index contributed by atoms with van der Waals surface area (Å²) in [5.74, 6) is -0.307. The molecule has 0 fully saturated rings. The van der Waals surface area contributed by atoms with E-state index in [1.54, 1.807) is 23.1 Å². The number of carbonyl (C=O) groups excluding carboxylic acids is 1. The maximum Gasteiger partial charge on any atom is 0.340 e. The van der Waals surface area contributed by atoms with Gasteiger partial charge in [-0.15, -0.1) is 0 Å². The molecule has 1 aromatic heterocycles. The van der Waals surface area contributed by atoms with Gasteiger partial charge in [0.2, 0.25) is 0 Å². The predicted molar refractivity (Wildman–Crippen MR) is 64.1 cm³/mol. The molecule has 0 atom stereocenters. The standard InChI is InChI=1S/C13H14N2O2/c1-2-10-17-13(16)11-6-3-4-7-12(11)15-9-5-8-14-15/h3-9H,2,10H2,1H3. The number of ether oxygens (including phenoxy) is 1. The Morgan fingerprint density at radius 1 is 1.35 bits per heavy atom. The molecule has 1 heterocycles. The van der Waals surface area contributed by atoms with Crippen molar-refractivity contribution in [3.8, 4) is 5.69 Å². The molecule has 0 aliphatic heterocycles. The van der Waals surface area contributed by atoms with E-state index in [2.05, 4.69) is 5.10 Å². The van der Waals surface area contributed by atoms with Crippen LogP contribution in [0.15, 0.2) is 42.7 Å². The third-order valence-electron chi connectivity index (χ3n) is 2.31. The van der Waals surface area contributed by atoms with Crippen LogP contribution >= 0.6 is 0 Å². The van der Waals surface area contributed by atoms with Gasteiger partial charge in [0, 0.05) is 12.4 Å². The molecule has 2 aromatic rings. The van der Waals surface area contributed by atoms with Crippen LogP contribution in [0.4, 0.5) is 0 Å². The number of nitrogens with zero attached hydrogens (tertiary/aromatic N) is 2. The van der Waals surface area contributed by atoms with Crippen LogP contribution in [0.1, 0.15) is 23.7 Å². The lowest BCUT2D eigenvalue weighted by Gasteiger charge is -2.08. The second-order valence-corrected chi connectivity index (χ2v) is 3.60. The Morgan fingerprint density at radius 3 is 2.88 bits per heavy atom. The van der Waals surface area contributed by atoms with E-state index in [1.165, 1.54) is 0 Å². The number of carbonyl (C=O) groups is 1. The summed E-state index contributed by atoms with van der Waals surface area (Å²) in [7, 11) is 0. The monoisotopic (exact) mass is 230 g/mol. The van der Waals surface area contributed by atoms with Crippen molar-refractivity contribution in [2.75, 3.05) is 6.61 Å². The summed E-state index contributed by atoms with van der Waals surface area (Å²) in [5, 5.41) is 4.12. The molecule has 0 bridgehead atoms. The first-order valence-electron chi connectivity index (χ1n) is 5.59. The van der Waals surface area contributed by atoms with Crippen LogP contribution in [0.25, 0.3) is 5.69 Å². The van der Waals surface area contributed by atoms with Crippen molar-refractivity contribution >= 4 is 5.97 Å². The van der Waals surface area contributed by atoms with Gasteiger partial charge in [0.05, 0.1) is 17.9 Å². The Balaban J connectivity index is 2.31. The quantitative estimate of drug-likeness (QED) is 0.758. The third-order valence-corrected chi connectivity index (χ3v) is 2.31. The molecule has 4 heteroatoms. The summed E-state index contributed by atoms with van der Waals surface area (Å²) in [4.78, 5) is 11.9. The summed E-state index contributed by atoms with van der Waals surface area (Å²) >= 11 is 0. The van der Waals surface area contributed by atoms with Crippen molar-refractivity contribution < 1.29 is 9.53 Å². The molecule has 0 spiro atoms. The largest absolute Gasteiger partial charge is 0.462 e. The van der Waals surface area contributed by atoms with Gasteiger partial charge in [0.15, 0.2) is 0 Å². The molecular weight excluding hydrogens is 216 g/mol. The van der Waals surface area contributed by atoms with E-state index in [9.17, 15) is 4.79 Å². The average Bonchev–Trinajstić information content (AvgIpc) is 2.89. The smallest absolute Gasteiger partial charge is 0.340 e. The van der Waals surface area contributed by atoms with Gasteiger partial charge < -0.3 is 4.74 Å². The Hall–Kier alpha value is -2.10. The first-order valence-corrected chi connectivity index (χ1v) is 5.59. The maximum absolute atomic E-state index is 11.9. The zero-order chi connectivity index (χ0) is 12.1. The third kappa shape index (κ3) is 2.53. The van der Waals surface area contributed by atoms with Crippen LogP contribution in [0.5, 0.6) is 0 Å². The molecule has 0 aliphatic carbocycles. The number of benzene rings is 1. The van der Waals surface area contributed by atoms with Gasteiger partial charge in [-0.3, -0.25) is 0 Å². The van der Waals surface area contributed by atoms with E-state index >= 15 is 0 Å². The van der Waals surface area contributed by atoms with Gasteiger partial charge in [-0.2, -0.15) is 5.10 Å². The number of aromatic nitrogens is 2. The van der Waals surface area contributed by atoms with Gasteiger partial charge in [0.1, 0.15) is 0 Å². The average molecular weight is 230 g/mol. The van der Waals surface area contributed by atoms with Gasteiger partial charge in [0.25, 0.3) is 0 Å². The molecule has 1 aromatic carbocycles. The van der Waals surface area contributed by atoms with Crippen molar-refractivity contribution in [2.24, 2.45) is 0 Å². The second-order valence-electron chi connectivity index (χ2n) is 3.60. The van der Waals surface area contributed by atoms with Crippen LogP contribution in [-0.4, -0.2) is 22.4 Å². The lowest BCUT2D eigenvalue weighted by Crippen LogP contribution is -2.10. The fraction of sp³-hybridized carbons (Fsp3) is 0.231. The number of esters is 1. The maximum atomic E-state index is 11.9. The molecule has 0 amide bonds. The molecule has 0 N–H and O–H groups in total. The topological polar surface area (TPSA) is 44.1 Å². The molecule has 2 rings (SSSR count). The summed E-state index contributed by atoms with van der Waals surface area (Å²) in [6.45, 7) is 2.40. The number of hydrogen-bond donors (Lipinski definition) is 0. The minimum absolute atomic E-state index is 0.307. The van der Waals surface area contributed by atoms with Crippen LogP contribution in [0, 0.1) is 0 Å². The zero-order valence-electron chi connectivity index (χ0n) is 9.67. The molecule has 4 nitrogen and oxygen atoms in total. The van der Waals surface area contributed by atoms with Crippen LogP contribution in [0.3, 0.4) is 0 Å². The van der Waals surface area contributed by atoms with Gasteiger partial charge >= 0.3 is 5.97 Å². The Kier molecular flexibility index (Phi) is 3.55. The second kappa shape index (κ2) is 5.30. The van der Waals surface area contributed by atoms with Crippen LogP contribution in [0.2, 0.25) is 0 Å². The zero-order valence-corrected chi connectivity index (χ0v) is 9.67. The SMILES string of the molecule is CCCOC(=O)c1ccccc1-n1cccn1. The summed E-state index contributed by atoms with van der Waals surface area (Å²) < 4.78 is 6.79. The van der Waals surface area contributed by atoms with Crippen molar-refractivity contribution in [1.29, 1.82) is 0 Å². The normalized spacial score (nSPS) is 10.2. The molecule has 0 aliphatic rings. The lowest BCUT2D eigenvalue weighted by molar-refractivity contribution is 0.0505. The van der Waals surface area contributed by atoms with Crippen LogP contribution in [-0.2, 0) is 4.74 Å². The number of rotatable bonds is 4. The highest BCUT2D eigenvalue weighted by molar-refractivity contribution is 5.93. The molecule has 0 saturated carbocycles. The molecule has 0 radical (unpaired) electrons. The van der Waals surface area contributed by atoms with Crippen molar-refractivity contribution in [3.05, 3.63) is 48.3 Å². The summed E-state index contributed by atoms with van der Waals surface area (Å²) in [6.07, 6.45) is 4.29. The molecule has 0 unspecified atom stereocenters. The molecular formula is C13H14N2O2. The van der Waals surface area contributed by atoms with E-state index in [1.807, 2.05) is 31.2 Å². The van der Waals surface area contributed by atoms with Crippen molar-refractivity contribution in [3.63, 3.8) is 0 Å². The fourth-order valence-corrected chi connectivity index (χ4v) is 1.53. The highest BCUT2D eigenvalue weighted by Gasteiger charge is 2.13. The van der Waals surface area contributed by atoms with E-state index in [0.29, 0.717) is 12.2 Å².